The molecule has 0 bridgehead atoms. The number of nitrogens with zero attached hydrogens (tertiary/aromatic N) is 1. The van der Waals surface area contributed by atoms with Crippen LogP contribution in [0.2, 0.25) is 0 Å². The lowest BCUT2D eigenvalue weighted by Crippen LogP contribution is -2.05. The molecule has 1 aliphatic rings. The molecule has 13 heavy (non-hydrogen) atoms. The van der Waals surface area contributed by atoms with Crippen molar-refractivity contribution in [1.82, 2.24) is 0 Å². The Hall–Kier alpha value is -1.53. The van der Waals surface area contributed by atoms with Gasteiger partial charge >= 0.3 is 0 Å². The van der Waals surface area contributed by atoms with Crippen LogP contribution in [-0.2, 0) is 6.42 Å². The smallest absolute Gasteiger partial charge is 0.133 e. The van der Waals surface area contributed by atoms with Crippen molar-refractivity contribution in [2.45, 2.75) is 18.9 Å². The van der Waals surface area contributed by atoms with Crippen molar-refractivity contribution in [1.29, 1.82) is 5.26 Å². The summed E-state index contributed by atoms with van der Waals surface area (Å²) in [6.45, 7) is 0. The summed E-state index contributed by atoms with van der Waals surface area (Å²) >= 11 is 0. The molecule has 0 heterocycles. The second-order valence-corrected chi connectivity index (χ2v) is 3.33. The van der Waals surface area contributed by atoms with Crippen LogP contribution in [0.15, 0.2) is 12.1 Å². The highest BCUT2D eigenvalue weighted by atomic mass is 16.3. The quantitative estimate of drug-likeness (QED) is 0.621. The molecule has 2 rings (SSSR count). The van der Waals surface area contributed by atoms with Crippen molar-refractivity contribution < 1.29 is 5.11 Å². The molecule has 1 atom stereocenters. The van der Waals surface area contributed by atoms with Gasteiger partial charge in [0.25, 0.3) is 0 Å². The SMILES string of the molecule is N#Cc1cc2c(cc1O)CC[C@H]2N. The highest BCUT2D eigenvalue weighted by molar-refractivity contribution is 5.50. The minimum atomic E-state index is 0.0303. The monoisotopic (exact) mass is 174 g/mol. The normalized spacial score (nSPS) is 19.5. The fraction of sp³-hybridized carbons (Fsp3) is 0.300. The Morgan fingerprint density at radius 2 is 2.31 bits per heavy atom. The lowest BCUT2D eigenvalue weighted by molar-refractivity contribution is 0.473. The summed E-state index contributed by atoms with van der Waals surface area (Å²) in [5, 5.41) is 18.1. The number of nitrogens with two attached hydrogens (primary N) is 1. The molecule has 3 heteroatoms. The molecule has 0 fully saturated rings. The first-order valence-corrected chi connectivity index (χ1v) is 4.24. The van der Waals surface area contributed by atoms with Gasteiger partial charge in [0.15, 0.2) is 0 Å². The summed E-state index contributed by atoms with van der Waals surface area (Å²) in [4.78, 5) is 0. The minimum Gasteiger partial charge on any atom is -0.507 e. The highest BCUT2D eigenvalue weighted by Gasteiger charge is 2.20. The van der Waals surface area contributed by atoms with Gasteiger partial charge in [-0.05, 0) is 36.1 Å². The lowest BCUT2D eigenvalue weighted by atomic mass is 10.0. The van der Waals surface area contributed by atoms with Crippen LogP contribution >= 0.6 is 0 Å². The van der Waals surface area contributed by atoms with Crippen molar-refractivity contribution >= 4 is 0 Å². The van der Waals surface area contributed by atoms with E-state index in [0.717, 1.165) is 24.0 Å². The molecule has 0 unspecified atom stereocenters. The van der Waals surface area contributed by atoms with Crippen molar-refractivity contribution in [2.24, 2.45) is 5.73 Å². The molecule has 66 valence electrons. The molecule has 1 aliphatic carbocycles. The molecule has 0 saturated heterocycles. The van der Waals surface area contributed by atoms with Gasteiger partial charge in [0, 0.05) is 6.04 Å². The molecule has 3 nitrogen and oxygen atoms in total. The number of rotatable bonds is 0. The van der Waals surface area contributed by atoms with E-state index in [2.05, 4.69) is 0 Å². The molecular formula is C10H10N2O. The number of aryl methyl sites for hydroxylation is 1. The minimum absolute atomic E-state index is 0.0303. The fourth-order valence-corrected chi connectivity index (χ4v) is 1.77. The van der Waals surface area contributed by atoms with Gasteiger partial charge in [-0.15, -0.1) is 0 Å². The van der Waals surface area contributed by atoms with Crippen LogP contribution in [0.5, 0.6) is 5.75 Å². The zero-order valence-corrected chi connectivity index (χ0v) is 7.12. The van der Waals surface area contributed by atoms with E-state index in [0.29, 0.717) is 5.56 Å². The van der Waals surface area contributed by atoms with Crippen LogP contribution in [0.3, 0.4) is 0 Å². The Morgan fingerprint density at radius 3 is 3.00 bits per heavy atom. The van der Waals surface area contributed by atoms with Crippen LogP contribution in [0.1, 0.15) is 29.2 Å². The summed E-state index contributed by atoms with van der Waals surface area (Å²) in [7, 11) is 0. The predicted octanol–water partition coefficient (Wildman–Crippen LogP) is 1.21. The van der Waals surface area contributed by atoms with E-state index in [1.54, 1.807) is 12.1 Å². The van der Waals surface area contributed by atoms with Crippen LogP contribution in [-0.4, -0.2) is 5.11 Å². The maximum Gasteiger partial charge on any atom is 0.133 e. The molecule has 1 aromatic rings. The van der Waals surface area contributed by atoms with Crippen LogP contribution in [0.4, 0.5) is 0 Å². The molecule has 1 aromatic carbocycles. The first kappa shape index (κ1) is 8.09. The van der Waals surface area contributed by atoms with Gasteiger partial charge in [-0.25, -0.2) is 0 Å². The number of benzene rings is 1. The van der Waals surface area contributed by atoms with Gasteiger partial charge in [-0.2, -0.15) is 5.26 Å². The number of phenolic OH excluding ortho intramolecular Hbond substituents is 1. The van der Waals surface area contributed by atoms with E-state index in [1.807, 2.05) is 6.07 Å². The second-order valence-electron chi connectivity index (χ2n) is 3.33. The largest absolute Gasteiger partial charge is 0.507 e. The van der Waals surface area contributed by atoms with E-state index < -0.39 is 0 Å². The first-order valence-electron chi connectivity index (χ1n) is 4.24. The first-order chi connectivity index (χ1) is 6.22. The van der Waals surface area contributed by atoms with E-state index >= 15 is 0 Å². The maximum absolute atomic E-state index is 9.40. The Labute approximate surface area is 76.4 Å². The van der Waals surface area contributed by atoms with Crippen LogP contribution < -0.4 is 5.73 Å². The molecular weight excluding hydrogens is 164 g/mol. The Morgan fingerprint density at radius 1 is 1.54 bits per heavy atom. The van der Waals surface area contributed by atoms with E-state index in [-0.39, 0.29) is 11.8 Å². The Kier molecular flexibility index (Phi) is 1.71. The topological polar surface area (TPSA) is 70.0 Å². The zero-order chi connectivity index (χ0) is 9.42. The number of fused-ring (bicyclic) bond motifs is 1. The average Bonchev–Trinajstić information content (AvgIpc) is 2.46. The number of phenols is 1. The third-order valence-electron chi connectivity index (χ3n) is 2.50. The second kappa shape index (κ2) is 2.75. The number of nitriles is 1. The van der Waals surface area contributed by atoms with Gasteiger partial charge in [0.1, 0.15) is 11.8 Å². The molecule has 0 radical (unpaired) electrons. The van der Waals surface area contributed by atoms with E-state index in [9.17, 15) is 5.11 Å². The molecule has 0 aliphatic heterocycles. The Balaban J connectivity index is 2.59. The van der Waals surface area contributed by atoms with Crippen molar-refractivity contribution in [3.05, 3.63) is 28.8 Å². The van der Waals surface area contributed by atoms with Gasteiger partial charge in [0.05, 0.1) is 5.56 Å². The van der Waals surface area contributed by atoms with E-state index in [1.165, 1.54) is 0 Å². The van der Waals surface area contributed by atoms with Gasteiger partial charge in [-0.1, -0.05) is 0 Å². The molecule has 0 amide bonds. The van der Waals surface area contributed by atoms with Gasteiger partial charge in [-0.3, -0.25) is 0 Å². The van der Waals surface area contributed by atoms with Crippen molar-refractivity contribution in [2.75, 3.05) is 0 Å². The summed E-state index contributed by atoms with van der Waals surface area (Å²) < 4.78 is 0. The third kappa shape index (κ3) is 1.16. The fourth-order valence-electron chi connectivity index (χ4n) is 1.77. The Bertz CT molecular complexity index is 393. The average molecular weight is 174 g/mol. The van der Waals surface area contributed by atoms with Crippen molar-refractivity contribution in [3.63, 3.8) is 0 Å². The summed E-state index contributed by atoms with van der Waals surface area (Å²) in [6, 6.07) is 5.32. The molecule has 0 aromatic heterocycles. The maximum atomic E-state index is 9.40. The molecule has 0 spiro atoms. The number of aromatic hydroxyl groups is 1. The standard InChI is InChI=1S/C10H10N2O/c11-5-7-3-8-6(4-10(7)13)1-2-9(8)12/h3-4,9,13H,1-2,12H2/t9-/m1/s1. The van der Waals surface area contributed by atoms with Crippen LogP contribution in [0, 0.1) is 11.3 Å². The predicted molar refractivity (Wildman–Crippen MR) is 48.1 cm³/mol. The zero-order valence-electron chi connectivity index (χ0n) is 7.12. The van der Waals surface area contributed by atoms with Gasteiger partial charge in [0.2, 0.25) is 0 Å². The number of hydrogen-bond acceptors (Lipinski definition) is 3. The summed E-state index contributed by atoms with van der Waals surface area (Å²) in [5.41, 5.74) is 8.23. The lowest BCUT2D eigenvalue weighted by Gasteiger charge is -2.05. The third-order valence-corrected chi connectivity index (χ3v) is 2.50. The summed E-state index contributed by atoms with van der Waals surface area (Å²) in [5.74, 6) is 0.0651. The van der Waals surface area contributed by atoms with E-state index in [4.69, 9.17) is 11.0 Å². The van der Waals surface area contributed by atoms with Crippen LogP contribution in [0.25, 0.3) is 0 Å². The highest BCUT2D eigenvalue weighted by Crippen LogP contribution is 2.33. The summed E-state index contributed by atoms with van der Waals surface area (Å²) in [6.07, 6.45) is 1.80. The molecule has 0 saturated carbocycles. The van der Waals surface area contributed by atoms with Crippen molar-refractivity contribution in [3.8, 4) is 11.8 Å². The number of hydrogen-bond donors (Lipinski definition) is 2. The van der Waals surface area contributed by atoms with Gasteiger partial charge < -0.3 is 10.8 Å². The molecule has 3 N–H and O–H groups in total.